The second-order valence-corrected chi connectivity index (χ2v) is 3.30. The van der Waals surface area contributed by atoms with E-state index in [1.54, 1.807) is 18.0 Å². The van der Waals surface area contributed by atoms with E-state index in [9.17, 15) is 4.79 Å². The van der Waals surface area contributed by atoms with Crippen molar-refractivity contribution in [3.63, 3.8) is 0 Å². The highest BCUT2D eigenvalue weighted by molar-refractivity contribution is 5.74. The molecule has 0 spiro atoms. The second kappa shape index (κ2) is 4.00. The van der Waals surface area contributed by atoms with Crippen LogP contribution < -0.4 is 10.6 Å². The number of nitrogen functional groups attached to an aromatic ring is 1. The molecule has 1 aromatic rings. The quantitative estimate of drug-likeness (QED) is 0.707. The van der Waals surface area contributed by atoms with Crippen LogP contribution in [0.15, 0.2) is 18.2 Å². The molecule has 0 saturated heterocycles. The van der Waals surface area contributed by atoms with E-state index in [1.165, 1.54) is 0 Å². The largest absolute Gasteiger partial charge is 0.480 e. The van der Waals surface area contributed by atoms with Crippen molar-refractivity contribution in [2.24, 2.45) is 0 Å². The molecule has 0 heterocycles. The average Bonchev–Trinajstić information content (AvgIpc) is 2.01. The molecule has 1 aromatic carbocycles. The number of hydrogen-bond acceptors (Lipinski definition) is 3. The van der Waals surface area contributed by atoms with Crippen LogP contribution in [0.1, 0.15) is 5.56 Å². The first-order valence-electron chi connectivity index (χ1n) is 4.30. The Morgan fingerprint density at radius 2 is 2.21 bits per heavy atom. The maximum Gasteiger partial charge on any atom is 0.323 e. The number of nitrogens with zero attached hydrogens (tertiary/aromatic N) is 1. The molecule has 0 aliphatic rings. The molecule has 4 heteroatoms. The molecule has 0 amide bonds. The van der Waals surface area contributed by atoms with Gasteiger partial charge in [0.2, 0.25) is 0 Å². The highest BCUT2D eigenvalue weighted by Gasteiger charge is 2.07. The standard InChI is InChI=1S/C10H14N2O2/c1-7-5-8(11)3-4-9(7)12(2)6-10(13)14/h3-5H,6,11H2,1-2H3,(H,13,14). The van der Waals surface area contributed by atoms with Crippen molar-refractivity contribution in [3.8, 4) is 0 Å². The fraction of sp³-hybridized carbons (Fsp3) is 0.300. The third-order valence-electron chi connectivity index (χ3n) is 2.00. The summed E-state index contributed by atoms with van der Waals surface area (Å²) >= 11 is 0. The van der Waals surface area contributed by atoms with E-state index in [1.807, 2.05) is 19.1 Å². The molecule has 0 aliphatic heterocycles. The van der Waals surface area contributed by atoms with Crippen LogP contribution in [0.25, 0.3) is 0 Å². The van der Waals surface area contributed by atoms with Crippen LogP contribution in [0, 0.1) is 6.92 Å². The number of carboxylic acid groups (broad SMARTS) is 1. The van der Waals surface area contributed by atoms with Crippen molar-refractivity contribution in [1.82, 2.24) is 0 Å². The predicted molar refractivity (Wildman–Crippen MR) is 56.5 cm³/mol. The summed E-state index contributed by atoms with van der Waals surface area (Å²) in [5.41, 5.74) is 8.15. The van der Waals surface area contributed by atoms with E-state index >= 15 is 0 Å². The molecule has 4 nitrogen and oxygen atoms in total. The monoisotopic (exact) mass is 194 g/mol. The fourth-order valence-electron chi connectivity index (χ4n) is 1.40. The molecule has 14 heavy (non-hydrogen) atoms. The van der Waals surface area contributed by atoms with Gasteiger partial charge in [0.15, 0.2) is 0 Å². The molecule has 0 aromatic heterocycles. The van der Waals surface area contributed by atoms with Gasteiger partial charge in [-0.1, -0.05) is 0 Å². The SMILES string of the molecule is Cc1cc(N)ccc1N(C)CC(=O)O. The lowest BCUT2D eigenvalue weighted by atomic mass is 10.1. The molecule has 0 fully saturated rings. The summed E-state index contributed by atoms with van der Waals surface area (Å²) < 4.78 is 0. The third-order valence-corrected chi connectivity index (χ3v) is 2.00. The van der Waals surface area contributed by atoms with Crippen LogP contribution in [0.3, 0.4) is 0 Å². The second-order valence-electron chi connectivity index (χ2n) is 3.30. The van der Waals surface area contributed by atoms with Gasteiger partial charge in [-0.25, -0.2) is 0 Å². The van der Waals surface area contributed by atoms with E-state index in [0.717, 1.165) is 11.3 Å². The minimum absolute atomic E-state index is 0.00917. The van der Waals surface area contributed by atoms with Crippen LogP contribution in [0.2, 0.25) is 0 Å². The van der Waals surface area contributed by atoms with Crippen molar-refractivity contribution in [1.29, 1.82) is 0 Å². The Balaban J connectivity index is 2.90. The average molecular weight is 194 g/mol. The summed E-state index contributed by atoms with van der Waals surface area (Å²) in [6, 6.07) is 5.42. The number of rotatable bonds is 3. The minimum Gasteiger partial charge on any atom is -0.480 e. The molecule has 76 valence electrons. The Bertz CT molecular complexity index is 350. The highest BCUT2D eigenvalue weighted by Crippen LogP contribution is 2.20. The van der Waals surface area contributed by atoms with Gasteiger partial charge in [-0.15, -0.1) is 0 Å². The maximum atomic E-state index is 10.5. The summed E-state index contributed by atoms with van der Waals surface area (Å²) in [6.07, 6.45) is 0. The lowest BCUT2D eigenvalue weighted by molar-refractivity contribution is -0.135. The van der Waals surface area contributed by atoms with Gasteiger partial charge in [0.05, 0.1) is 0 Å². The molecule has 0 bridgehead atoms. The van der Waals surface area contributed by atoms with E-state index in [-0.39, 0.29) is 6.54 Å². The highest BCUT2D eigenvalue weighted by atomic mass is 16.4. The van der Waals surface area contributed by atoms with Gasteiger partial charge in [-0.2, -0.15) is 0 Å². The molecular weight excluding hydrogens is 180 g/mol. The van der Waals surface area contributed by atoms with Gasteiger partial charge in [-0.05, 0) is 30.7 Å². The molecule has 0 atom stereocenters. The molecule has 3 N–H and O–H groups in total. The van der Waals surface area contributed by atoms with E-state index < -0.39 is 5.97 Å². The first-order valence-corrected chi connectivity index (χ1v) is 4.30. The summed E-state index contributed by atoms with van der Waals surface area (Å²) in [4.78, 5) is 12.2. The zero-order chi connectivity index (χ0) is 10.7. The van der Waals surface area contributed by atoms with Gasteiger partial charge < -0.3 is 15.7 Å². The number of carbonyl (C=O) groups is 1. The van der Waals surface area contributed by atoms with E-state index in [0.29, 0.717) is 5.69 Å². The third kappa shape index (κ3) is 2.39. The van der Waals surface area contributed by atoms with Crippen molar-refractivity contribution in [2.75, 3.05) is 24.2 Å². The zero-order valence-corrected chi connectivity index (χ0v) is 8.32. The summed E-state index contributed by atoms with van der Waals surface area (Å²) in [6.45, 7) is 1.90. The summed E-state index contributed by atoms with van der Waals surface area (Å²) in [7, 11) is 1.74. The van der Waals surface area contributed by atoms with Crippen molar-refractivity contribution < 1.29 is 9.90 Å². The van der Waals surface area contributed by atoms with E-state index in [2.05, 4.69) is 0 Å². The molecule has 1 rings (SSSR count). The van der Waals surface area contributed by atoms with Crippen molar-refractivity contribution >= 4 is 17.3 Å². The smallest absolute Gasteiger partial charge is 0.323 e. The Morgan fingerprint density at radius 3 is 2.71 bits per heavy atom. The van der Waals surface area contributed by atoms with E-state index in [4.69, 9.17) is 10.8 Å². The van der Waals surface area contributed by atoms with Crippen molar-refractivity contribution in [3.05, 3.63) is 23.8 Å². The molecule has 0 saturated carbocycles. The number of nitrogens with two attached hydrogens (primary N) is 1. The number of anilines is 2. The molecule has 0 unspecified atom stereocenters. The molecule has 0 radical (unpaired) electrons. The van der Waals surface area contributed by atoms with Crippen LogP contribution in [-0.2, 0) is 4.79 Å². The van der Waals surface area contributed by atoms with Gasteiger partial charge in [0.1, 0.15) is 6.54 Å². The number of likely N-dealkylation sites (N-methyl/N-ethyl adjacent to an activating group) is 1. The lowest BCUT2D eigenvalue weighted by Gasteiger charge is -2.19. The number of aryl methyl sites for hydroxylation is 1. The first-order chi connectivity index (χ1) is 6.50. The Morgan fingerprint density at radius 1 is 1.57 bits per heavy atom. The van der Waals surface area contributed by atoms with Crippen LogP contribution in [0.4, 0.5) is 11.4 Å². The Hall–Kier alpha value is -1.71. The van der Waals surface area contributed by atoms with Gasteiger partial charge >= 0.3 is 5.97 Å². The normalized spacial score (nSPS) is 9.86. The van der Waals surface area contributed by atoms with Gasteiger partial charge in [0, 0.05) is 18.4 Å². The number of carboxylic acids is 1. The fourth-order valence-corrected chi connectivity index (χ4v) is 1.40. The number of aliphatic carboxylic acids is 1. The summed E-state index contributed by atoms with van der Waals surface area (Å²) in [5, 5.41) is 8.62. The van der Waals surface area contributed by atoms with Crippen molar-refractivity contribution in [2.45, 2.75) is 6.92 Å². The number of benzene rings is 1. The van der Waals surface area contributed by atoms with Crippen LogP contribution in [0.5, 0.6) is 0 Å². The topological polar surface area (TPSA) is 66.6 Å². The Labute approximate surface area is 82.9 Å². The maximum absolute atomic E-state index is 10.5. The first kappa shape index (κ1) is 10.4. The predicted octanol–water partition coefficient (Wildman–Crippen LogP) is 1.10. The van der Waals surface area contributed by atoms with Gasteiger partial charge in [-0.3, -0.25) is 4.79 Å². The van der Waals surface area contributed by atoms with Gasteiger partial charge in [0.25, 0.3) is 0 Å². The van der Waals surface area contributed by atoms with Crippen LogP contribution in [-0.4, -0.2) is 24.7 Å². The van der Waals surface area contributed by atoms with Crippen LogP contribution >= 0.6 is 0 Å². The Kier molecular flexibility index (Phi) is 2.96. The zero-order valence-electron chi connectivity index (χ0n) is 8.32. The molecule has 0 aliphatic carbocycles. The number of hydrogen-bond donors (Lipinski definition) is 2. The summed E-state index contributed by atoms with van der Waals surface area (Å²) in [5.74, 6) is -0.844. The lowest BCUT2D eigenvalue weighted by Crippen LogP contribution is -2.25. The minimum atomic E-state index is -0.844. The molecular formula is C10H14N2O2.